The second-order valence-corrected chi connectivity index (χ2v) is 7.28. The molecular formula is C8H12IO3PS. The van der Waals surface area contributed by atoms with Crippen LogP contribution in [0.5, 0.6) is 0 Å². The molecule has 6 heteroatoms. The van der Waals surface area contributed by atoms with E-state index in [-0.39, 0.29) is 0 Å². The van der Waals surface area contributed by atoms with Crippen LogP contribution in [-0.4, -0.2) is 13.2 Å². The fourth-order valence-corrected chi connectivity index (χ4v) is 4.53. The normalized spacial score (nSPS) is 11.9. The molecule has 0 aliphatic rings. The Labute approximate surface area is 101 Å². The molecule has 0 saturated carbocycles. The molecular weight excluding hydrogens is 334 g/mol. The van der Waals surface area contributed by atoms with Crippen molar-refractivity contribution in [3.63, 3.8) is 0 Å². The van der Waals surface area contributed by atoms with E-state index >= 15 is 0 Å². The van der Waals surface area contributed by atoms with Crippen LogP contribution in [0.4, 0.5) is 0 Å². The number of rotatable bonds is 5. The summed E-state index contributed by atoms with van der Waals surface area (Å²) in [5.41, 5.74) is 0. The summed E-state index contributed by atoms with van der Waals surface area (Å²) in [5, 5.41) is 2.49. The lowest BCUT2D eigenvalue weighted by molar-refractivity contribution is 0.230. The van der Waals surface area contributed by atoms with Gasteiger partial charge in [-0.2, -0.15) is 0 Å². The Balaban J connectivity index is 2.93. The van der Waals surface area contributed by atoms with Crippen LogP contribution in [0.1, 0.15) is 13.8 Å². The highest BCUT2D eigenvalue weighted by Gasteiger charge is 2.27. The van der Waals surface area contributed by atoms with Crippen molar-refractivity contribution in [2.24, 2.45) is 0 Å². The third-order valence-electron chi connectivity index (χ3n) is 1.47. The minimum Gasteiger partial charge on any atom is -0.305 e. The van der Waals surface area contributed by atoms with Crippen molar-refractivity contribution in [3.8, 4) is 0 Å². The zero-order chi connectivity index (χ0) is 10.6. The average molecular weight is 346 g/mol. The van der Waals surface area contributed by atoms with Crippen LogP contribution in [-0.2, 0) is 13.6 Å². The predicted octanol–water partition coefficient (Wildman–Crippen LogP) is 3.24. The van der Waals surface area contributed by atoms with Gasteiger partial charge in [-0.3, -0.25) is 4.57 Å². The van der Waals surface area contributed by atoms with Crippen molar-refractivity contribution >= 4 is 46.8 Å². The van der Waals surface area contributed by atoms with Gasteiger partial charge in [-0.05, 0) is 42.5 Å². The molecule has 1 aromatic heterocycles. The summed E-state index contributed by atoms with van der Waals surface area (Å²) >= 11 is 3.72. The van der Waals surface area contributed by atoms with E-state index in [0.29, 0.717) is 18.5 Å². The molecule has 0 atom stereocenters. The summed E-state index contributed by atoms with van der Waals surface area (Å²) in [6.45, 7) is 4.40. The second-order valence-electron chi connectivity index (χ2n) is 2.44. The summed E-state index contributed by atoms with van der Waals surface area (Å²) in [7, 11) is -3.05. The maximum atomic E-state index is 12.2. The lowest BCUT2D eigenvalue weighted by atomic mass is 10.7. The van der Waals surface area contributed by atoms with Crippen LogP contribution in [0.15, 0.2) is 11.4 Å². The molecule has 0 fully saturated rings. The zero-order valence-electron chi connectivity index (χ0n) is 8.03. The van der Waals surface area contributed by atoms with E-state index in [9.17, 15) is 4.57 Å². The minimum atomic E-state index is -3.05. The van der Waals surface area contributed by atoms with Gasteiger partial charge in [-0.15, -0.1) is 11.3 Å². The van der Waals surface area contributed by atoms with Crippen molar-refractivity contribution in [1.29, 1.82) is 0 Å². The monoisotopic (exact) mass is 346 g/mol. The number of halogens is 1. The Morgan fingerprint density at radius 3 is 2.36 bits per heavy atom. The van der Waals surface area contributed by atoms with Crippen LogP contribution < -0.4 is 5.30 Å². The average Bonchev–Trinajstić information content (AvgIpc) is 2.53. The highest BCUT2D eigenvalue weighted by Crippen LogP contribution is 2.47. The highest BCUT2D eigenvalue weighted by molar-refractivity contribution is 14.1. The maximum Gasteiger partial charge on any atom is 0.362 e. The molecule has 0 spiro atoms. The van der Waals surface area contributed by atoms with E-state index in [1.807, 2.05) is 25.3 Å². The van der Waals surface area contributed by atoms with Gasteiger partial charge in [0.1, 0.15) is 0 Å². The quantitative estimate of drug-likeness (QED) is 0.607. The van der Waals surface area contributed by atoms with Crippen molar-refractivity contribution in [1.82, 2.24) is 0 Å². The van der Waals surface area contributed by atoms with Crippen molar-refractivity contribution in [2.45, 2.75) is 13.8 Å². The zero-order valence-corrected chi connectivity index (χ0v) is 11.9. The minimum absolute atomic E-state index is 0.393. The van der Waals surface area contributed by atoms with E-state index in [1.54, 1.807) is 0 Å². The van der Waals surface area contributed by atoms with Gasteiger partial charge in [0.25, 0.3) is 0 Å². The molecule has 1 aromatic rings. The Hall–Kier alpha value is 0.580. The molecule has 1 rings (SSSR count). The fourth-order valence-electron chi connectivity index (χ4n) is 0.971. The second kappa shape index (κ2) is 5.61. The van der Waals surface area contributed by atoms with Crippen LogP contribution >= 0.6 is 41.5 Å². The van der Waals surface area contributed by atoms with Crippen LogP contribution in [0.3, 0.4) is 0 Å². The molecule has 0 unspecified atom stereocenters. The van der Waals surface area contributed by atoms with Crippen molar-refractivity contribution in [3.05, 3.63) is 14.3 Å². The smallest absolute Gasteiger partial charge is 0.305 e. The van der Waals surface area contributed by atoms with E-state index in [2.05, 4.69) is 22.6 Å². The van der Waals surface area contributed by atoms with Gasteiger partial charge >= 0.3 is 7.60 Å². The molecule has 0 amide bonds. The lowest BCUT2D eigenvalue weighted by Crippen LogP contribution is -2.08. The van der Waals surface area contributed by atoms with E-state index in [1.165, 1.54) is 11.3 Å². The molecule has 14 heavy (non-hydrogen) atoms. The lowest BCUT2D eigenvalue weighted by Gasteiger charge is -2.15. The number of hydrogen-bond donors (Lipinski definition) is 0. The molecule has 0 bridgehead atoms. The van der Waals surface area contributed by atoms with Gasteiger partial charge < -0.3 is 9.05 Å². The Kier molecular flexibility index (Phi) is 5.06. The maximum absolute atomic E-state index is 12.2. The summed E-state index contributed by atoms with van der Waals surface area (Å²) < 4.78 is 23.7. The molecule has 3 nitrogen and oxygen atoms in total. The van der Waals surface area contributed by atoms with E-state index in [4.69, 9.17) is 9.05 Å². The van der Waals surface area contributed by atoms with Crippen LogP contribution in [0, 0.1) is 2.88 Å². The molecule has 0 aromatic carbocycles. The molecule has 0 aliphatic carbocycles. The summed E-state index contributed by atoms with van der Waals surface area (Å²) in [4.78, 5) is 0. The predicted molar refractivity (Wildman–Crippen MR) is 67.5 cm³/mol. The standard InChI is InChI=1S/C8H12IO3PS/c1-3-11-13(10,12-4-2)7-5-8(9)14-6-7/h5-6H,3-4H2,1-2H3. The first-order chi connectivity index (χ1) is 6.62. The van der Waals surface area contributed by atoms with Crippen molar-refractivity contribution in [2.75, 3.05) is 13.2 Å². The molecule has 0 saturated heterocycles. The largest absolute Gasteiger partial charge is 0.362 e. The Morgan fingerprint density at radius 1 is 1.43 bits per heavy atom. The number of hydrogen-bond acceptors (Lipinski definition) is 4. The molecule has 0 aliphatic heterocycles. The van der Waals surface area contributed by atoms with Crippen molar-refractivity contribution < 1.29 is 13.6 Å². The molecule has 0 radical (unpaired) electrons. The highest BCUT2D eigenvalue weighted by atomic mass is 127. The van der Waals surface area contributed by atoms with Gasteiger partial charge in [-0.25, -0.2) is 0 Å². The van der Waals surface area contributed by atoms with E-state index in [0.717, 1.165) is 2.88 Å². The van der Waals surface area contributed by atoms with Gasteiger partial charge in [0, 0.05) is 5.38 Å². The summed E-state index contributed by atoms with van der Waals surface area (Å²) in [5.74, 6) is 0. The SMILES string of the molecule is CCOP(=O)(OCC)c1csc(I)c1. The molecule has 1 heterocycles. The Morgan fingerprint density at radius 2 is 2.00 bits per heavy atom. The van der Waals surface area contributed by atoms with Gasteiger partial charge in [0.15, 0.2) is 0 Å². The van der Waals surface area contributed by atoms with Gasteiger partial charge in [0.05, 0.1) is 21.4 Å². The first kappa shape index (κ1) is 12.6. The fraction of sp³-hybridized carbons (Fsp3) is 0.500. The topological polar surface area (TPSA) is 35.5 Å². The van der Waals surface area contributed by atoms with Gasteiger partial charge in [0.2, 0.25) is 0 Å². The Bertz CT molecular complexity index is 329. The molecule has 80 valence electrons. The third kappa shape index (κ3) is 3.03. The molecule has 0 N–H and O–H groups in total. The van der Waals surface area contributed by atoms with Gasteiger partial charge in [-0.1, -0.05) is 0 Å². The first-order valence-electron chi connectivity index (χ1n) is 4.26. The third-order valence-corrected chi connectivity index (χ3v) is 5.52. The van der Waals surface area contributed by atoms with E-state index < -0.39 is 7.60 Å². The van der Waals surface area contributed by atoms with Crippen LogP contribution in [0.25, 0.3) is 0 Å². The summed E-state index contributed by atoms with van der Waals surface area (Å²) in [6.07, 6.45) is 0. The van der Waals surface area contributed by atoms with Crippen LogP contribution in [0.2, 0.25) is 0 Å². The first-order valence-corrected chi connectivity index (χ1v) is 7.76. The number of thiophene rings is 1. The summed E-state index contributed by atoms with van der Waals surface area (Å²) in [6, 6.07) is 1.84.